The Morgan fingerprint density at radius 1 is 1.17 bits per heavy atom. The highest BCUT2D eigenvalue weighted by atomic mass is 19.1. The van der Waals surface area contributed by atoms with E-state index in [1.807, 2.05) is 19.1 Å². The van der Waals surface area contributed by atoms with Crippen molar-refractivity contribution in [3.63, 3.8) is 0 Å². The highest BCUT2D eigenvalue weighted by molar-refractivity contribution is 5.27. The van der Waals surface area contributed by atoms with Gasteiger partial charge in [0.1, 0.15) is 5.82 Å². The fourth-order valence-corrected chi connectivity index (χ4v) is 2.09. The van der Waals surface area contributed by atoms with E-state index >= 15 is 0 Å². The lowest BCUT2D eigenvalue weighted by atomic mass is 9.85. The molecule has 0 spiro atoms. The summed E-state index contributed by atoms with van der Waals surface area (Å²) in [6, 6.07) is 10.1. The average molecular weight is 245 g/mol. The van der Waals surface area contributed by atoms with Gasteiger partial charge in [-0.05, 0) is 30.2 Å². The van der Waals surface area contributed by atoms with E-state index < -0.39 is 5.60 Å². The predicted molar refractivity (Wildman–Crippen MR) is 68.5 cm³/mol. The molecule has 1 unspecified atom stereocenters. The minimum Gasteiger partial charge on any atom is -0.385 e. The molecule has 94 valence electrons. The Morgan fingerprint density at radius 2 is 1.83 bits per heavy atom. The zero-order valence-electron chi connectivity index (χ0n) is 10.3. The zero-order chi connectivity index (χ0) is 13.0. The lowest BCUT2D eigenvalue weighted by Crippen LogP contribution is -2.28. The molecule has 1 aromatic heterocycles. The minimum absolute atomic E-state index is 0.351. The fraction of sp³-hybridized carbons (Fsp3) is 0.267. The van der Waals surface area contributed by atoms with Crippen LogP contribution in [0.1, 0.15) is 24.5 Å². The summed E-state index contributed by atoms with van der Waals surface area (Å²) in [6.45, 7) is 1.85. The van der Waals surface area contributed by atoms with Crippen LogP contribution in [0.2, 0.25) is 0 Å². The van der Waals surface area contributed by atoms with Gasteiger partial charge in [-0.25, -0.2) is 4.39 Å². The SMILES string of the molecule is CCC(O)(Cc1ccncc1)c1ccccc1F. The maximum absolute atomic E-state index is 13.8. The molecule has 0 aliphatic heterocycles. The number of benzene rings is 1. The lowest BCUT2D eigenvalue weighted by Gasteiger charge is -2.28. The van der Waals surface area contributed by atoms with E-state index in [4.69, 9.17) is 0 Å². The van der Waals surface area contributed by atoms with E-state index in [1.165, 1.54) is 6.07 Å². The van der Waals surface area contributed by atoms with Gasteiger partial charge < -0.3 is 5.11 Å². The van der Waals surface area contributed by atoms with E-state index in [2.05, 4.69) is 4.98 Å². The van der Waals surface area contributed by atoms with Crippen LogP contribution < -0.4 is 0 Å². The molecule has 2 nitrogen and oxygen atoms in total. The Labute approximate surface area is 106 Å². The number of hydrogen-bond donors (Lipinski definition) is 1. The smallest absolute Gasteiger partial charge is 0.129 e. The molecule has 0 amide bonds. The summed E-state index contributed by atoms with van der Waals surface area (Å²) in [7, 11) is 0. The van der Waals surface area contributed by atoms with Crippen LogP contribution in [0.25, 0.3) is 0 Å². The molecule has 1 aromatic carbocycles. The molecule has 0 fully saturated rings. The molecular formula is C15H16FNO. The fourth-order valence-electron chi connectivity index (χ4n) is 2.09. The molecule has 0 saturated carbocycles. The average Bonchev–Trinajstić information content (AvgIpc) is 2.40. The summed E-state index contributed by atoms with van der Waals surface area (Å²) in [4.78, 5) is 3.94. The van der Waals surface area contributed by atoms with Gasteiger partial charge in [0, 0.05) is 24.4 Å². The molecule has 0 radical (unpaired) electrons. The standard InChI is InChI=1S/C15H16FNO/c1-2-15(18,11-12-7-9-17-10-8-12)13-5-3-4-6-14(13)16/h3-10,18H,2,11H2,1H3. The third kappa shape index (κ3) is 2.57. The van der Waals surface area contributed by atoms with Gasteiger partial charge in [-0.3, -0.25) is 4.98 Å². The molecule has 1 atom stereocenters. The molecular weight excluding hydrogens is 229 g/mol. The van der Waals surface area contributed by atoms with Crippen molar-refractivity contribution >= 4 is 0 Å². The van der Waals surface area contributed by atoms with Crippen LogP contribution in [0.5, 0.6) is 0 Å². The van der Waals surface area contributed by atoms with Crippen molar-refractivity contribution < 1.29 is 9.50 Å². The Hall–Kier alpha value is -1.74. The highest BCUT2D eigenvalue weighted by Crippen LogP contribution is 2.30. The molecule has 0 saturated heterocycles. The van der Waals surface area contributed by atoms with Gasteiger partial charge in [0.05, 0.1) is 5.60 Å². The molecule has 2 aromatic rings. The Morgan fingerprint density at radius 3 is 2.44 bits per heavy atom. The second-order valence-electron chi connectivity index (χ2n) is 4.40. The molecule has 2 rings (SSSR count). The predicted octanol–water partition coefficient (Wildman–Crippen LogP) is 3.06. The van der Waals surface area contributed by atoms with Gasteiger partial charge >= 0.3 is 0 Å². The summed E-state index contributed by atoms with van der Waals surface area (Å²) in [5.41, 5.74) is 0.120. The van der Waals surface area contributed by atoms with Gasteiger partial charge in [-0.1, -0.05) is 25.1 Å². The van der Waals surface area contributed by atoms with Crippen molar-refractivity contribution in [1.29, 1.82) is 0 Å². The largest absolute Gasteiger partial charge is 0.385 e. The van der Waals surface area contributed by atoms with E-state index in [1.54, 1.807) is 30.6 Å². The van der Waals surface area contributed by atoms with Crippen LogP contribution in [0.4, 0.5) is 4.39 Å². The Kier molecular flexibility index (Phi) is 3.72. The molecule has 0 aliphatic carbocycles. The van der Waals surface area contributed by atoms with Gasteiger partial charge in [0.15, 0.2) is 0 Å². The molecule has 1 N–H and O–H groups in total. The molecule has 3 heteroatoms. The molecule has 18 heavy (non-hydrogen) atoms. The van der Waals surface area contributed by atoms with E-state index in [-0.39, 0.29) is 5.82 Å². The van der Waals surface area contributed by atoms with Crippen molar-refractivity contribution in [1.82, 2.24) is 4.98 Å². The van der Waals surface area contributed by atoms with Gasteiger partial charge in [-0.2, -0.15) is 0 Å². The van der Waals surface area contributed by atoms with Gasteiger partial charge in [-0.15, -0.1) is 0 Å². The number of nitrogens with zero attached hydrogens (tertiary/aromatic N) is 1. The van der Waals surface area contributed by atoms with Crippen LogP contribution in [0, 0.1) is 5.82 Å². The topological polar surface area (TPSA) is 33.1 Å². The van der Waals surface area contributed by atoms with Crippen LogP contribution in [-0.2, 0) is 12.0 Å². The van der Waals surface area contributed by atoms with E-state index in [0.717, 1.165) is 5.56 Å². The summed E-state index contributed by atoms with van der Waals surface area (Å²) >= 11 is 0. The Balaban J connectivity index is 2.34. The lowest BCUT2D eigenvalue weighted by molar-refractivity contribution is 0.0291. The zero-order valence-corrected chi connectivity index (χ0v) is 10.3. The van der Waals surface area contributed by atoms with Crippen molar-refractivity contribution in [2.24, 2.45) is 0 Å². The summed E-state index contributed by atoms with van der Waals surface area (Å²) in [6.07, 6.45) is 4.18. The first-order chi connectivity index (χ1) is 8.65. The first-order valence-electron chi connectivity index (χ1n) is 6.02. The van der Waals surface area contributed by atoms with Crippen LogP contribution in [-0.4, -0.2) is 10.1 Å². The third-order valence-electron chi connectivity index (χ3n) is 3.21. The first kappa shape index (κ1) is 12.7. The molecule has 0 aliphatic rings. The Bertz CT molecular complexity index is 515. The van der Waals surface area contributed by atoms with E-state index in [9.17, 15) is 9.50 Å². The van der Waals surface area contributed by atoms with Crippen molar-refractivity contribution in [2.45, 2.75) is 25.4 Å². The van der Waals surface area contributed by atoms with E-state index in [0.29, 0.717) is 18.4 Å². The van der Waals surface area contributed by atoms with Gasteiger partial charge in [0.2, 0.25) is 0 Å². The maximum Gasteiger partial charge on any atom is 0.129 e. The summed E-state index contributed by atoms with van der Waals surface area (Å²) in [5.74, 6) is -0.365. The van der Waals surface area contributed by atoms with Crippen LogP contribution in [0.15, 0.2) is 48.8 Å². The number of pyridine rings is 1. The minimum atomic E-state index is -1.17. The second-order valence-corrected chi connectivity index (χ2v) is 4.40. The normalized spacial score (nSPS) is 14.2. The third-order valence-corrected chi connectivity index (χ3v) is 3.21. The van der Waals surface area contributed by atoms with Crippen LogP contribution >= 0.6 is 0 Å². The highest BCUT2D eigenvalue weighted by Gasteiger charge is 2.30. The molecule has 1 heterocycles. The van der Waals surface area contributed by atoms with Crippen molar-refractivity contribution in [3.8, 4) is 0 Å². The number of hydrogen-bond acceptors (Lipinski definition) is 2. The van der Waals surface area contributed by atoms with Crippen molar-refractivity contribution in [3.05, 3.63) is 65.7 Å². The maximum atomic E-state index is 13.8. The molecule has 0 bridgehead atoms. The number of rotatable bonds is 4. The first-order valence-corrected chi connectivity index (χ1v) is 6.02. The number of halogens is 1. The second kappa shape index (κ2) is 5.27. The summed E-state index contributed by atoms with van der Waals surface area (Å²) in [5, 5.41) is 10.7. The van der Waals surface area contributed by atoms with Crippen LogP contribution in [0.3, 0.4) is 0 Å². The number of aromatic nitrogens is 1. The van der Waals surface area contributed by atoms with Gasteiger partial charge in [0.25, 0.3) is 0 Å². The summed E-state index contributed by atoms with van der Waals surface area (Å²) < 4.78 is 13.8. The quantitative estimate of drug-likeness (QED) is 0.898. The monoisotopic (exact) mass is 245 g/mol. The number of aliphatic hydroxyl groups is 1. The van der Waals surface area contributed by atoms with Crippen molar-refractivity contribution in [2.75, 3.05) is 0 Å².